The summed E-state index contributed by atoms with van der Waals surface area (Å²) in [7, 11) is 0. The summed E-state index contributed by atoms with van der Waals surface area (Å²) in [5, 5.41) is 3.95. The van der Waals surface area contributed by atoms with Gasteiger partial charge in [-0.1, -0.05) is 81.5 Å². The molecule has 5 aromatic rings. The van der Waals surface area contributed by atoms with Gasteiger partial charge in [-0.05, 0) is 54.0 Å². The molecular weight excluding hydrogens is 400 g/mol. The maximum atomic E-state index is 3.79. The quantitative estimate of drug-likeness (QED) is 0.243. The third-order valence-electron chi connectivity index (χ3n) is 7.19. The number of fused-ring (bicyclic) bond motifs is 10. The Labute approximate surface area is 198 Å². The highest BCUT2D eigenvalue weighted by Gasteiger charge is 2.26. The third kappa shape index (κ3) is 3.01. The number of aromatic amines is 2. The highest BCUT2D eigenvalue weighted by atomic mass is 14.8. The largest absolute Gasteiger partial charge is 0.354 e. The van der Waals surface area contributed by atoms with E-state index < -0.39 is 0 Å². The van der Waals surface area contributed by atoms with E-state index >= 15 is 0 Å². The Morgan fingerprint density at radius 3 is 2.45 bits per heavy atom. The average molecular weight is 435 g/mol. The number of aromatic nitrogens is 2. The molecule has 0 aliphatic heterocycles. The molecule has 0 fully saturated rings. The summed E-state index contributed by atoms with van der Waals surface area (Å²) in [6.45, 7) is 6.36. The van der Waals surface area contributed by atoms with Gasteiger partial charge in [0.2, 0.25) is 0 Å². The predicted octanol–water partition coefficient (Wildman–Crippen LogP) is 9.47. The van der Waals surface area contributed by atoms with Crippen molar-refractivity contribution < 1.29 is 2.85 Å². The van der Waals surface area contributed by atoms with Gasteiger partial charge < -0.3 is 9.97 Å². The highest BCUT2D eigenvalue weighted by Crippen LogP contribution is 2.44. The molecule has 2 aliphatic rings. The number of nitrogens with one attached hydrogen (secondary N) is 2. The van der Waals surface area contributed by atoms with E-state index in [1.165, 1.54) is 66.2 Å². The minimum absolute atomic E-state index is 0. The van der Waals surface area contributed by atoms with E-state index in [9.17, 15) is 0 Å². The van der Waals surface area contributed by atoms with Crippen LogP contribution in [0.1, 0.15) is 64.6 Å². The van der Waals surface area contributed by atoms with Crippen molar-refractivity contribution in [3.63, 3.8) is 0 Å². The summed E-state index contributed by atoms with van der Waals surface area (Å²) in [5.41, 5.74) is 11.9. The fourth-order valence-electron chi connectivity index (χ4n) is 5.75. The van der Waals surface area contributed by atoms with E-state index in [0.717, 1.165) is 19.3 Å². The summed E-state index contributed by atoms with van der Waals surface area (Å²) in [5.74, 6) is 0.508. The minimum Gasteiger partial charge on any atom is -0.354 e. The van der Waals surface area contributed by atoms with Crippen LogP contribution in [0.2, 0.25) is 0 Å². The first-order valence-corrected chi connectivity index (χ1v) is 12.3. The lowest BCUT2D eigenvalue weighted by Crippen LogP contribution is -2.07. The maximum absolute atomic E-state index is 3.79. The second-order valence-electron chi connectivity index (χ2n) is 9.12. The summed E-state index contributed by atoms with van der Waals surface area (Å²) in [6, 6.07) is 18.1. The molecule has 168 valence electrons. The molecule has 2 aliphatic carbocycles. The van der Waals surface area contributed by atoms with E-state index in [0.29, 0.717) is 5.92 Å². The molecule has 0 saturated carbocycles. The number of benzene rings is 3. The van der Waals surface area contributed by atoms with Crippen LogP contribution in [-0.4, -0.2) is 9.97 Å². The van der Waals surface area contributed by atoms with Crippen LogP contribution in [0.15, 0.2) is 60.7 Å². The molecule has 0 bridgehead atoms. The first-order valence-electron chi connectivity index (χ1n) is 12.3. The van der Waals surface area contributed by atoms with Crippen LogP contribution in [0.4, 0.5) is 0 Å². The molecular formula is C31H34N2. The van der Waals surface area contributed by atoms with E-state index in [4.69, 9.17) is 0 Å². The van der Waals surface area contributed by atoms with Crippen LogP contribution in [-0.2, 0) is 6.42 Å². The van der Waals surface area contributed by atoms with Crippen molar-refractivity contribution in [3.05, 3.63) is 82.9 Å². The maximum Gasteiger partial charge on any atom is 0.0544 e. The first kappa shape index (κ1) is 20.1. The smallest absolute Gasteiger partial charge is 0.0544 e. The molecule has 33 heavy (non-hydrogen) atoms. The van der Waals surface area contributed by atoms with Crippen molar-refractivity contribution in [1.82, 2.24) is 9.97 Å². The van der Waals surface area contributed by atoms with Gasteiger partial charge >= 0.3 is 0 Å². The number of rotatable bonds is 0. The second kappa shape index (κ2) is 7.81. The van der Waals surface area contributed by atoms with Crippen LogP contribution in [0, 0.1) is 0 Å². The van der Waals surface area contributed by atoms with Crippen molar-refractivity contribution in [2.45, 2.75) is 46.0 Å². The van der Waals surface area contributed by atoms with Gasteiger partial charge in [0.05, 0.1) is 11.2 Å². The third-order valence-corrected chi connectivity index (χ3v) is 7.19. The van der Waals surface area contributed by atoms with Crippen molar-refractivity contribution in [1.29, 1.82) is 0 Å². The lowest BCUT2D eigenvalue weighted by Gasteiger charge is -2.22. The van der Waals surface area contributed by atoms with Crippen molar-refractivity contribution >= 4 is 44.9 Å². The van der Waals surface area contributed by atoms with Gasteiger partial charge in [0, 0.05) is 41.2 Å². The van der Waals surface area contributed by atoms with Gasteiger partial charge in [0.25, 0.3) is 0 Å². The zero-order valence-corrected chi connectivity index (χ0v) is 19.6. The molecule has 2 N–H and O–H groups in total. The second-order valence-corrected chi connectivity index (χ2v) is 9.12. The monoisotopic (exact) mass is 434 g/mol. The molecule has 2 heteroatoms. The van der Waals surface area contributed by atoms with Crippen LogP contribution in [0.3, 0.4) is 0 Å². The first-order chi connectivity index (χ1) is 16.3. The Hall–Kier alpha value is -3.52. The van der Waals surface area contributed by atoms with Gasteiger partial charge in [-0.15, -0.1) is 0 Å². The van der Waals surface area contributed by atoms with Crippen LogP contribution in [0.5, 0.6) is 0 Å². The van der Waals surface area contributed by atoms with Gasteiger partial charge in [0.15, 0.2) is 0 Å². The SMILES string of the molecule is CC.CC1Cc2ccccc2-c2[nH]c3cc4c(cc3c21)[nH]c1c2c(ccc14)/C=C\CC/C=C\2.[HH].[HH]. The van der Waals surface area contributed by atoms with E-state index in [2.05, 4.69) is 89.7 Å². The van der Waals surface area contributed by atoms with Crippen LogP contribution < -0.4 is 0 Å². The van der Waals surface area contributed by atoms with Crippen LogP contribution >= 0.6 is 0 Å². The molecule has 0 radical (unpaired) electrons. The topological polar surface area (TPSA) is 31.6 Å². The molecule has 2 nitrogen and oxygen atoms in total. The Morgan fingerprint density at radius 1 is 0.818 bits per heavy atom. The highest BCUT2D eigenvalue weighted by molar-refractivity contribution is 6.15. The molecule has 3 aromatic carbocycles. The minimum atomic E-state index is 0. The van der Waals surface area contributed by atoms with Gasteiger partial charge in [-0.25, -0.2) is 0 Å². The van der Waals surface area contributed by atoms with Gasteiger partial charge in [0.1, 0.15) is 0 Å². The lowest BCUT2D eigenvalue weighted by atomic mass is 9.82. The summed E-state index contributed by atoms with van der Waals surface area (Å²) < 4.78 is 0. The molecule has 0 spiro atoms. The van der Waals surface area contributed by atoms with E-state index in [1.54, 1.807) is 0 Å². The molecule has 2 aromatic heterocycles. The molecule has 2 heterocycles. The molecule has 0 saturated heterocycles. The van der Waals surface area contributed by atoms with Gasteiger partial charge in [-0.2, -0.15) is 0 Å². The molecule has 1 unspecified atom stereocenters. The Bertz CT molecular complexity index is 1580. The zero-order chi connectivity index (χ0) is 22.5. The average Bonchev–Trinajstić information content (AvgIpc) is 3.37. The number of hydrogen-bond acceptors (Lipinski definition) is 0. The lowest BCUT2D eigenvalue weighted by molar-refractivity contribution is 0.755. The fourth-order valence-corrected chi connectivity index (χ4v) is 5.75. The predicted molar refractivity (Wildman–Crippen MR) is 148 cm³/mol. The van der Waals surface area contributed by atoms with E-state index in [-0.39, 0.29) is 2.85 Å². The van der Waals surface area contributed by atoms with Crippen molar-refractivity contribution in [3.8, 4) is 11.3 Å². The van der Waals surface area contributed by atoms with Crippen LogP contribution in [0.25, 0.3) is 56.1 Å². The fraction of sp³-hybridized carbons (Fsp3) is 0.226. The van der Waals surface area contributed by atoms with Gasteiger partial charge in [-0.3, -0.25) is 0 Å². The normalized spacial score (nSPS) is 18.6. The Balaban J connectivity index is 0.000000705. The zero-order valence-electron chi connectivity index (χ0n) is 19.6. The summed E-state index contributed by atoms with van der Waals surface area (Å²) >= 11 is 0. The van der Waals surface area contributed by atoms with E-state index in [1.807, 2.05) is 13.8 Å². The summed E-state index contributed by atoms with van der Waals surface area (Å²) in [6.07, 6.45) is 12.5. The number of allylic oxidation sites excluding steroid dienone is 2. The molecule has 7 rings (SSSR count). The Morgan fingerprint density at radius 2 is 1.58 bits per heavy atom. The standard InChI is InChI=1S/C29H24N2.C2H6.2H2/c1-17-14-19-9-6-7-11-21(19)29-27(17)24-16-25-23(15-26(24)31-29)22-13-12-18-8-4-2-3-5-10-20(18)28(22)30-25;1-2;;/h4-13,15-17,30-31H,2-3,14H2,1H3;1-2H3;2*1H/b8-4-,10-5-;;;. The number of hydrogen-bond donors (Lipinski definition) is 2. The Kier molecular flexibility index (Phi) is 4.76. The van der Waals surface area contributed by atoms with Crippen molar-refractivity contribution in [2.75, 3.05) is 0 Å². The summed E-state index contributed by atoms with van der Waals surface area (Å²) in [4.78, 5) is 7.57. The van der Waals surface area contributed by atoms with Crippen molar-refractivity contribution in [2.24, 2.45) is 0 Å². The molecule has 1 atom stereocenters. The molecule has 0 amide bonds. The number of H-pyrrole nitrogens is 2.